The van der Waals surface area contributed by atoms with E-state index in [1.54, 1.807) is 21.3 Å². The van der Waals surface area contributed by atoms with Gasteiger partial charge in [0, 0.05) is 39.1 Å². The van der Waals surface area contributed by atoms with Gasteiger partial charge in [-0.1, -0.05) is 97.4 Å². The molecule has 0 radical (unpaired) electrons. The highest BCUT2D eigenvalue weighted by atomic mass is 32.1. The maximum absolute atomic E-state index is 14.2. The van der Waals surface area contributed by atoms with Crippen molar-refractivity contribution in [1.82, 2.24) is 25.8 Å². The minimum atomic E-state index is -1.00. The number of rotatable bonds is 21. The summed E-state index contributed by atoms with van der Waals surface area (Å²) in [5.74, 6) is -2.31. The highest BCUT2D eigenvalue weighted by Crippen LogP contribution is 2.30. The summed E-state index contributed by atoms with van der Waals surface area (Å²) in [6, 6.07) is 6.72. The molecule has 9 atom stereocenters. The molecule has 0 saturated carbocycles. The van der Waals surface area contributed by atoms with Crippen molar-refractivity contribution in [3.63, 3.8) is 0 Å². The minimum Gasteiger partial charge on any atom is -0.480 e. The molecule has 12 nitrogen and oxygen atoms in total. The first-order chi connectivity index (χ1) is 24.5. The van der Waals surface area contributed by atoms with Gasteiger partial charge in [-0.2, -0.15) is 0 Å². The molecule has 4 N–H and O–H groups in total. The van der Waals surface area contributed by atoms with Gasteiger partial charge in [-0.25, -0.2) is 4.79 Å². The van der Waals surface area contributed by atoms with Crippen LogP contribution in [0.5, 0.6) is 0 Å². The molecule has 2 rings (SSSR count). The summed E-state index contributed by atoms with van der Waals surface area (Å²) in [5, 5.41) is 18.7. The molecule has 1 saturated heterocycles. The predicted molar refractivity (Wildman–Crippen MR) is 208 cm³/mol. The second kappa shape index (κ2) is 21.7. The third-order valence-electron chi connectivity index (χ3n) is 10.7. The molecule has 0 aromatic heterocycles. The number of hydrogen-bond donors (Lipinski definition) is 4. The Morgan fingerprint density at radius 1 is 1.00 bits per heavy atom. The van der Waals surface area contributed by atoms with Crippen LogP contribution in [0.25, 0.3) is 0 Å². The molecule has 0 bridgehead atoms. The minimum absolute atomic E-state index is 0.00646. The molecular formula is C39H65N5O7S. The molecule has 1 aromatic rings. The van der Waals surface area contributed by atoms with Gasteiger partial charge in [-0.15, -0.1) is 0 Å². The van der Waals surface area contributed by atoms with Crippen LogP contribution in [0.1, 0.15) is 79.7 Å². The summed E-state index contributed by atoms with van der Waals surface area (Å²) >= 11 is 5.75. The number of carboxylic acids is 1. The van der Waals surface area contributed by atoms with Gasteiger partial charge in [0.1, 0.15) is 6.04 Å². The Hall–Kier alpha value is -2.97. The van der Waals surface area contributed by atoms with E-state index < -0.39 is 36.3 Å². The smallest absolute Gasteiger partial charge is 0.326 e. The van der Waals surface area contributed by atoms with Crippen molar-refractivity contribution < 1.29 is 33.8 Å². The van der Waals surface area contributed by atoms with Gasteiger partial charge < -0.3 is 30.1 Å². The van der Waals surface area contributed by atoms with Crippen LogP contribution in [0.3, 0.4) is 0 Å². The van der Waals surface area contributed by atoms with Gasteiger partial charge in [0.2, 0.25) is 17.7 Å². The topological polar surface area (TPSA) is 150 Å². The molecule has 294 valence electrons. The lowest BCUT2D eigenvalue weighted by Crippen LogP contribution is -2.60. The Morgan fingerprint density at radius 2 is 1.63 bits per heavy atom. The van der Waals surface area contributed by atoms with Crippen molar-refractivity contribution in [2.45, 2.75) is 123 Å². The van der Waals surface area contributed by atoms with Crippen LogP contribution in [0.4, 0.5) is 0 Å². The van der Waals surface area contributed by atoms with E-state index >= 15 is 0 Å². The number of nitrogens with one attached hydrogen (secondary N) is 3. The lowest BCUT2D eigenvalue weighted by atomic mass is 9.87. The maximum Gasteiger partial charge on any atom is 0.326 e. The van der Waals surface area contributed by atoms with E-state index in [-0.39, 0.29) is 66.3 Å². The zero-order chi connectivity index (χ0) is 39.3. The van der Waals surface area contributed by atoms with Crippen LogP contribution in [-0.2, 0) is 35.1 Å². The van der Waals surface area contributed by atoms with Gasteiger partial charge in [0.05, 0.1) is 41.7 Å². The molecular weight excluding hydrogens is 683 g/mol. The number of amides is 3. The van der Waals surface area contributed by atoms with E-state index in [9.17, 15) is 24.3 Å². The molecule has 1 aliphatic rings. The van der Waals surface area contributed by atoms with Gasteiger partial charge in [0.15, 0.2) is 0 Å². The molecule has 0 aliphatic carbocycles. The molecule has 1 aromatic carbocycles. The number of benzene rings is 1. The van der Waals surface area contributed by atoms with Crippen molar-refractivity contribution in [2.75, 3.05) is 34.9 Å². The van der Waals surface area contributed by atoms with Crippen molar-refractivity contribution >= 4 is 40.9 Å². The largest absolute Gasteiger partial charge is 0.480 e. The Morgan fingerprint density at radius 3 is 2.13 bits per heavy atom. The van der Waals surface area contributed by atoms with Gasteiger partial charge in [-0.05, 0) is 50.3 Å². The average molecular weight is 748 g/mol. The lowest BCUT2D eigenvalue weighted by Gasteiger charge is -2.43. The van der Waals surface area contributed by atoms with Crippen LogP contribution < -0.4 is 16.0 Å². The summed E-state index contributed by atoms with van der Waals surface area (Å²) < 4.78 is 12.1. The standard InChI is InChI=1S/C39H65N5O7S/c1-12-25(6)34(43(9)33(24(4)5)37(47)42-36(46)32(40-8)23(2)3)30(50-10)22-31(45)44-20-16-19-29(44)35(51-11)26(7)38(52)41-28(39(48)49)21-27-17-14-13-15-18-27/h13-15,17-18,23-26,28-30,32-35,40H,12,16,19-22H2,1-11H3,(H,41,52)(H,48,49)(H,42,46,47)/t25-,26+,28-,29-,30+,32-,33-,34-,35+/m0/s1. The van der Waals surface area contributed by atoms with Crippen LogP contribution in [-0.4, -0.2) is 121 Å². The fraction of sp³-hybridized carbons (Fsp3) is 0.718. The zero-order valence-corrected chi connectivity index (χ0v) is 34.0. The second-order valence-electron chi connectivity index (χ2n) is 14.9. The van der Waals surface area contributed by atoms with Crippen molar-refractivity contribution in [2.24, 2.45) is 23.7 Å². The monoisotopic (exact) mass is 747 g/mol. The Labute approximate surface area is 317 Å². The number of thiocarbonyl (C=S) groups is 1. The highest BCUT2D eigenvalue weighted by Gasteiger charge is 2.43. The summed E-state index contributed by atoms with van der Waals surface area (Å²) in [4.78, 5) is 57.3. The summed E-state index contributed by atoms with van der Waals surface area (Å²) in [7, 11) is 6.76. The first-order valence-electron chi connectivity index (χ1n) is 18.7. The number of ether oxygens (including phenoxy) is 2. The average Bonchev–Trinajstić information content (AvgIpc) is 3.57. The number of aliphatic carboxylic acids is 1. The van der Waals surface area contributed by atoms with Crippen molar-refractivity contribution in [3.05, 3.63) is 35.9 Å². The SMILES string of the molecule is CC[C@H](C)[C@@H]([C@@H](CC(=O)N1CCC[C@H]1[C@H](OC)[C@@H](C)C(=S)N[C@@H](Cc1ccccc1)C(=O)O)OC)N(C)[C@H](C(=O)NC(=O)[C@@H](NC)C(C)C)C(C)C. The number of likely N-dealkylation sites (N-methyl/N-ethyl adjacent to an activating group) is 2. The lowest BCUT2D eigenvalue weighted by molar-refractivity contribution is -0.141. The Bertz CT molecular complexity index is 1310. The zero-order valence-electron chi connectivity index (χ0n) is 33.2. The van der Waals surface area contributed by atoms with Crippen LogP contribution in [0, 0.1) is 23.7 Å². The normalized spacial score (nSPS) is 19.4. The van der Waals surface area contributed by atoms with Crippen molar-refractivity contribution in [1.29, 1.82) is 0 Å². The molecule has 1 fully saturated rings. The van der Waals surface area contributed by atoms with Crippen LogP contribution >= 0.6 is 12.2 Å². The third-order valence-corrected chi connectivity index (χ3v) is 11.2. The number of methoxy groups -OCH3 is 2. The van der Waals surface area contributed by atoms with E-state index in [1.807, 2.05) is 81.8 Å². The molecule has 13 heteroatoms. The Balaban J connectivity index is 2.27. The molecule has 0 unspecified atom stereocenters. The highest BCUT2D eigenvalue weighted by molar-refractivity contribution is 7.80. The number of carbonyl (C=O) groups excluding carboxylic acids is 3. The quantitative estimate of drug-likeness (QED) is 0.136. The van der Waals surface area contributed by atoms with E-state index in [0.717, 1.165) is 18.4 Å². The summed E-state index contributed by atoms with van der Waals surface area (Å²) in [6.45, 7) is 14.3. The molecule has 1 heterocycles. The first-order valence-corrected chi connectivity index (χ1v) is 19.1. The van der Waals surface area contributed by atoms with E-state index in [0.29, 0.717) is 18.0 Å². The third kappa shape index (κ3) is 12.0. The van der Waals surface area contributed by atoms with E-state index in [1.165, 1.54) is 0 Å². The van der Waals surface area contributed by atoms with Gasteiger partial charge in [0.25, 0.3) is 0 Å². The number of carboxylic acid groups (broad SMARTS) is 1. The Kier molecular flexibility index (Phi) is 18.8. The number of carbonyl (C=O) groups is 4. The predicted octanol–water partition coefficient (Wildman–Crippen LogP) is 3.90. The second-order valence-corrected chi connectivity index (χ2v) is 15.4. The van der Waals surface area contributed by atoms with Crippen molar-refractivity contribution in [3.8, 4) is 0 Å². The van der Waals surface area contributed by atoms with E-state index in [4.69, 9.17) is 21.7 Å². The fourth-order valence-corrected chi connectivity index (χ4v) is 8.00. The summed E-state index contributed by atoms with van der Waals surface area (Å²) in [5.41, 5.74) is 0.880. The molecule has 1 aliphatic heterocycles. The summed E-state index contributed by atoms with van der Waals surface area (Å²) in [6.07, 6.45) is 1.62. The van der Waals surface area contributed by atoms with Crippen LogP contribution in [0.2, 0.25) is 0 Å². The van der Waals surface area contributed by atoms with E-state index in [2.05, 4.69) is 29.8 Å². The fourth-order valence-electron chi connectivity index (χ4n) is 7.73. The molecule has 52 heavy (non-hydrogen) atoms. The van der Waals surface area contributed by atoms with Crippen LogP contribution in [0.15, 0.2) is 30.3 Å². The maximum atomic E-state index is 14.2. The molecule has 0 spiro atoms. The van der Waals surface area contributed by atoms with Gasteiger partial charge >= 0.3 is 5.97 Å². The number of nitrogens with zero attached hydrogens (tertiary/aromatic N) is 2. The molecule has 3 amide bonds. The van der Waals surface area contributed by atoms with Gasteiger partial charge in [-0.3, -0.25) is 24.6 Å². The number of imide groups is 1. The number of likely N-dealkylation sites (tertiary alicyclic amines) is 1. The first kappa shape index (κ1) is 45.2. The number of hydrogen-bond acceptors (Lipinski definition) is 9.